The van der Waals surface area contributed by atoms with Crippen LogP contribution in [-0.2, 0) is 13.3 Å². The number of phosphoric ester groups is 1. The van der Waals surface area contributed by atoms with E-state index in [0.717, 1.165) is 7.11 Å². The summed E-state index contributed by atoms with van der Waals surface area (Å²) >= 11 is 0. The van der Waals surface area contributed by atoms with E-state index in [1.54, 1.807) is 18.8 Å². The minimum atomic E-state index is -3.82. The van der Waals surface area contributed by atoms with Crippen LogP contribution in [0.3, 0.4) is 0 Å². The van der Waals surface area contributed by atoms with Crippen LogP contribution in [0.15, 0.2) is 12.3 Å². The average molecular weight is 196 g/mol. The van der Waals surface area contributed by atoms with Crippen molar-refractivity contribution in [3.63, 3.8) is 0 Å². The van der Waals surface area contributed by atoms with E-state index in [9.17, 15) is 4.57 Å². The lowest BCUT2D eigenvalue weighted by Gasteiger charge is -2.20. The molecular formula is C5H13O4PSi. The molecule has 0 aromatic heterocycles. The molecule has 0 saturated carbocycles. The summed E-state index contributed by atoms with van der Waals surface area (Å²) in [4.78, 5) is 8.89. The Balaban J connectivity index is 4.25. The molecule has 0 aromatic rings. The van der Waals surface area contributed by atoms with Crippen molar-refractivity contribution in [1.29, 1.82) is 0 Å². The molecule has 66 valence electrons. The van der Waals surface area contributed by atoms with Crippen molar-refractivity contribution in [2.24, 2.45) is 0 Å². The van der Waals surface area contributed by atoms with E-state index in [-0.39, 0.29) is 0 Å². The maximum atomic E-state index is 10.9. The van der Waals surface area contributed by atoms with Crippen molar-refractivity contribution in [2.75, 3.05) is 7.11 Å². The highest BCUT2D eigenvalue weighted by Gasteiger charge is 2.30. The van der Waals surface area contributed by atoms with Gasteiger partial charge in [0.1, 0.15) is 0 Å². The van der Waals surface area contributed by atoms with Gasteiger partial charge in [-0.2, -0.15) is 0 Å². The van der Waals surface area contributed by atoms with Gasteiger partial charge in [-0.05, 0) is 13.1 Å². The third-order valence-electron chi connectivity index (χ3n) is 1.07. The first-order chi connectivity index (χ1) is 4.83. The van der Waals surface area contributed by atoms with Crippen molar-refractivity contribution in [3.05, 3.63) is 12.3 Å². The average Bonchev–Trinajstić information content (AvgIpc) is 1.86. The van der Waals surface area contributed by atoms with Gasteiger partial charge in [0.25, 0.3) is 0 Å². The number of rotatable bonds is 4. The molecule has 0 radical (unpaired) electrons. The third kappa shape index (κ3) is 4.50. The zero-order chi connectivity index (χ0) is 9.12. The molecule has 1 unspecified atom stereocenters. The van der Waals surface area contributed by atoms with Crippen LogP contribution in [0, 0.1) is 0 Å². The first-order valence-electron chi connectivity index (χ1n) is 3.06. The van der Waals surface area contributed by atoms with Crippen molar-refractivity contribution < 1.29 is 18.2 Å². The fraction of sp³-hybridized carbons (Fsp3) is 0.600. The molecule has 1 atom stereocenters. The summed E-state index contributed by atoms with van der Waals surface area (Å²) in [6.45, 7) is 7.00. The lowest BCUT2D eigenvalue weighted by Crippen LogP contribution is -2.26. The maximum Gasteiger partial charge on any atom is 0.462 e. The quantitative estimate of drug-likeness (QED) is 0.549. The van der Waals surface area contributed by atoms with Gasteiger partial charge in [-0.15, -0.1) is 6.58 Å². The zero-order valence-corrected chi connectivity index (χ0v) is 8.80. The fourth-order valence-corrected chi connectivity index (χ4v) is 3.35. The van der Waals surface area contributed by atoms with Gasteiger partial charge in [0.05, 0.1) is 0 Å². The van der Waals surface area contributed by atoms with E-state index in [4.69, 9.17) is 9.11 Å². The molecule has 0 rings (SSSR count). The van der Waals surface area contributed by atoms with E-state index in [1.165, 1.54) is 0 Å². The first kappa shape index (κ1) is 11.1. The lowest BCUT2D eigenvalue weighted by atomic mass is 11.3. The van der Waals surface area contributed by atoms with E-state index >= 15 is 0 Å². The summed E-state index contributed by atoms with van der Waals surface area (Å²) in [7, 11) is -4.90. The monoisotopic (exact) mass is 196 g/mol. The molecule has 0 fully saturated rings. The largest absolute Gasteiger partial charge is 0.462 e. The van der Waals surface area contributed by atoms with Crippen molar-refractivity contribution in [1.82, 2.24) is 0 Å². The first-order valence-corrected chi connectivity index (χ1v) is 7.54. The van der Waals surface area contributed by atoms with Crippen LogP contribution in [0.4, 0.5) is 0 Å². The van der Waals surface area contributed by atoms with Gasteiger partial charge in [-0.3, -0.25) is 4.52 Å². The van der Waals surface area contributed by atoms with Crippen molar-refractivity contribution >= 4 is 16.1 Å². The summed E-state index contributed by atoms with van der Waals surface area (Å²) in [6.07, 6.45) is 0. The molecule has 0 aliphatic rings. The Kier molecular flexibility index (Phi) is 3.67. The molecular weight excluding hydrogens is 183 g/mol. The molecule has 0 spiro atoms. The highest BCUT2D eigenvalue weighted by Crippen LogP contribution is 2.45. The molecule has 1 N–H and O–H groups in total. The van der Waals surface area contributed by atoms with Crippen LogP contribution in [-0.4, -0.2) is 20.3 Å². The topological polar surface area (TPSA) is 55.8 Å². The Labute approximate surface area is 67.6 Å². The van der Waals surface area contributed by atoms with Gasteiger partial charge in [-0.25, -0.2) is 4.57 Å². The van der Waals surface area contributed by atoms with Crippen LogP contribution < -0.4 is 0 Å². The smallest absolute Gasteiger partial charge is 0.326 e. The van der Waals surface area contributed by atoms with E-state index in [1.807, 2.05) is 0 Å². The predicted molar refractivity (Wildman–Crippen MR) is 45.6 cm³/mol. The fourth-order valence-electron chi connectivity index (χ4n) is 0.372. The minimum Gasteiger partial charge on any atom is -0.326 e. The van der Waals surface area contributed by atoms with Gasteiger partial charge in [-0.1, -0.05) is 5.70 Å². The Morgan fingerprint density at radius 2 is 2.09 bits per heavy atom. The Morgan fingerprint density at radius 1 is 1.64 bits per heavy atom. The molecule has 0 saturated heterocycles. The molecule has 0 amide bonds. The molecule has 6 heteroatoms. The molecule has 4 nitrogen and oxygen atoms in total. The highest BCUT2D eigenvalue weighted by atomic mass is 31.2. The summed E-state index contributed by atoms with van der Waals surface area (Å²) < 4.78 is 19.9. The second kappa shape index (κ2) is 3.65. The van der Waals surface area contributed by atoms with Crippen LogP contribution >= 0.6 is 7.82 Å². The summed E-state index contributed by atoms with van der Waals surface area (Å²) in [6, 6.07) is 0. The van der Waals surface area contributed by atoms with Crippen LogP contribution in [0.2, 0.25) is 13.1 Å². The van der Waals surface area contributed by atoms with Gasteiger partial charge in [0.15, 0.2) is 0 Å². The second-order valence-electron chi connectivity index (χ2n) is 2.55. The van der Waals surface area contributed by atoms with Crippen molar-refractivity contribution in [3.8, 4) is 0 Å². The highest BCUT2D eigenvalue weighted by molar-refractivity contribution is 7.49. The van der Waals surface area contributed by atoms with Crippen LogP contribution in [0.25, 0.3) is 0 Å². The van der Waals surface area contributed by atoms with Crippen LogP contribution in [0.1, 0.15) is 0 Å². The van der Waals surface area contributed by atoms with Gasteiger partial charge in [0, 0.05) is 7.11 Å². The molecule has 0 bridgehead atoms. The molecule has 11 heavy (non-hydrogen) atoms. The van der Waals surface area contributed by atoms with Gasteiger partial charge < -0.3 is 9.11 Å². The standard InChI is InChI=1S/C5H13O4PSi/c1-5-11(3,4)9-10(6,7)8-2/h5H,1H2,2-4H3,(H,6,7). The van der Waals surface area contributed by atoms with E-state index in [2.05, 4.69) is 11.1 Å². The molecule has 0 aliphatic carbocycles. The summed E-state index contributed by atoms with van der Waals surface area (Å²) in [5, 5.41) is 0. The van der Waals surface area contributed by atoms with E-state index in [0.29, 0.717) is 0 Å². The van der Waals surface area contributed by atoms with Crippen molar-refractivity contribution in [2.45, 2.75) is 13.1 Å². The Morgan fingerprint density at radius 3 is 2.36 bits per heavy atom. The number of hydrogen-bond donors (Lipinski definition) is 1. The van der Waals surface area contributed by atoms with E-state index < -0.39 is 16.1 Å². The SMILES string of the molecule is C=C[Si](C)(C)OP(=O)(O)OC. The van der Waals surface area contributed by atoms with Crippen LogP contribution in [0.5, 0.6) is 0 Å². The lowest BCUT2D eigenvalue weighted by molar-refractivity contribution is 0.241. The Hall–Kier alpha value is 0.0669. The minimum absolute atomic E-state index is 1.13. The number of phosphoric acid groups is 1. The third-order valence-corrected chi connectivity index (χ3v) is 5.32. The second-order valence-corrected chi connectivity index (χ2v) is 8.20. The normalized spacial score (nSPS) is 17.5. The molecule has 0 heterocycles. The van der Waals surface area contributed by atoms with Gasteiger partial charge in [0.2, 0.25) is 8.32 Å². The number of hydrogen-bond acceptors (Lipinski definition) is 3. The molecule has 0 aliphatic heterocycles. The van der Waals surface area contributed by atoms with Gasteiger partial charge >= 0.3 is 7.82 Å². The Bertz CT molecular complexity index is 191. The zero-order valence-electron chi connectivity index (χ0n) is 6.90. The molecule has 0 aromatic carbocycles. The maximum absolute atomic E-state index is 10.9. The summed E-state index contributed by atoms with van der Waals surface area (Å²) in [5.74, 6) is 0. The summed E-state index contributed by atoms with van der Waals surface area (Å²) in [5.41, 5.74) is 1.56. The predicted octanol–water partition coefficient (Wildman–Crippen LogP) is 1.68.